The highest BCUT2D eigenvalue weighted by molar-refractivity contribution is 5.95. The topological polar surface area (TPSA) is 111 Å². The number of para-hydroxylation sites is 1. The highest BCUT2D eigenvalue weighted by Crippen LogP contribution is 2.22. The second-order valence-corrected chi connectivity index (χ2v) is 7.67. The fourth-order valence-corrected chi connectivity index (χ4v) is 2.55. The van der Waals surface area contributed by atoms with Gasteiger partial charge in [-0.2, -0.15) is 4.80 Å². The minimum atomic E-state index is -0.484. The van der Waals surface area contributed by atoms with Crippen LogP contribution in [-0.2, 0) is 23.4 Å². The molecule has 0 aliphatic carbocycles. The Bertz CT molecular complexity index is 994. The zero-order valence-corrected chi connectivity index (χ0v) is 17.1. The van der Waals surface area contributed by atoms with Crippen molar-refractivity contribution in [2.75, 3.05) is 0 Å². The zero-order chi connectivity index (χ0) is 21.6. The van der Waals surface area contributed by atoms with Crippen LogP contribution >= 0.6 is 0 Å². The van der Waals surface area contributed by atoms with Crippen LogP contribution < -0.4 is 15.6 Å². The summed E-state index contributed by atoms with van der Waals surface area (Å²) in [6.45, 7) is 6.23. The Labute approximate surface area is 174 Å². The average Bonchev–Trinajstić information content (AvgIpc) is 3.18. The van der Waals surface area contributed by atoms with E-state index in [4.69, 9.17) is 4.74 Å². The number of nitrogens with one attached hydrogen (secondary N) is 2. The van der Waals surface area contributed by atoms with Gasteiger partial charge in [-0.15, -0.1) is 10.2 Å². The van der Waals surface area contributed by atoms with Crippen molar-refractivity contribution in [3.63, 3.8) is 0 Å². The number of carbonyl (C=O) groups is 2. The van der Waals surface area contributed by atoms with E-state index in [1.54, 1.807) is 12.1 Å². The predicted molar refractivity (Wildman–Crippen MR) is 109 cm³/mol. The summed E-state index contributed by atoms with van der Waals surface area (Å²) < 4.78 is 5.53. The van der Waals surface area contributed by atoms with Gasteiger partial charge >= 0.3 is 0 Å². The van der Waals surface area contributed by atoms with Crippen molar-refractivity contribution < 1.29 is 14.3 Å². The molecule has 0 radical (unpaired) electrons. The molecule has 0 bridgehead atoms. The van der Waals surface area contributed by atoms with Gasteiger partial charge in [0, 0.05) is 5.56 Å². The van der Waals surface area contributed by atoms with Crippen LogP contribution in [0.25, 0.3) is 0 Å². The first-order valence-corrected chi connectivity index (χ1v) is 9.45. The molecule has 30 heavy (non-hydrogen) atoms. The molecule has 0 spiro atoms. The van der Waals surface area contributed by atoms with E-state index in [1.807, 2.05) is 42.5 Å². The number of ether oxygens (including phenoxy) is 1. The molecule has 0 saturated heterocycles. The van der Waals surface area contributed by atoms with E-state index in [0.29, 0.717) is 17.1 Å². The van der Waals surface area contributed by atoms with Gasteiger partial charge in [-0.3, -0.25) is 20.4 Å². The van der Waals surface area contributed by atoms with E-state index in [0.717, 1.165) is 10.4 Å². The predicted octanol–water partition coefficient (Wildman–Crippen LogP) is 2.01. The minimum absolute atomic E-state index is 0.000982. The lowest BCUT2D eigenvalue weighted by Crippen LogP contribution is -2.43. The van der Waals surface area contributed by atoms with Crippen LogP contribution in [0.3, 0.4) is 0 Å². The van der Waals surface area contributed by atoms with Crippen LogP contribution in [0.15, 0.2) is 54.6 Å². The summed E-state index contributed by atoms with van der Waals surface area (Å²) in [5.41, 5.74) is 6.28. The summed E-state index contributed by atoms with van der Waals surface area (Å²) >= 11 is 0. The smallest absolute Gasteiger partial charge is 0.269 e. The van der Waals surface area contributed by atoms with Crippen LogP contribution in [0, 0.1) is 0 Å². The van der Waals surface area contributed by atoms with Crippen LogP contribution in [0.1, 0.15) is 42.5 Å². The largest absolute Gasteiger partial charge is 0.485 e. The zero-order valence-electron chi connectivity index (χ0n) is 17.1. The molecule has 3 aromatic rings. The number of carbonyl (C=O) groups excluding carboxylic acids is 2. The van der Waals surface area contributed by atoms with E-state index < -0.39 is 11.8 Å². The molecule has 2 N–H and O–H groups in total. The first kappa shape index (κ1) is 21.0. The van der Waals surface area contributed by atoms with Gasteiger partial charge in [0.05, 0.1) is 0 Å². The van der Waals surface area contributed by atoms with Gasteiger partial charge in [-0.05, 0) is 40.5 Å². The van der Waals surface area contributed by atoms with E-state index >= 15 is 0 Å². The van der Waals surface area contributed by atoms with Crippen molar-refractivity contribution in [1.82, 2.24) is 31.1 Å². The molecule has 0 saturated carbocycles. The SMILES string of the molecule is CC(C)(C)c1ccc(C(=O)NNC(=O)Cn2nnc(COc3ccccc3)n2)cc1. The first-order valence-electron chi connectivity index (χ1n) is 9.45. The molecule has 9 heteroatoms. The van der Waals surface area contributed by atoms with Crippen molar-refractivity contribution in [1.29, 1.82) is 0 Å². The van der Waals surface area contributed by atoms with Gasteiger partial charge in [0.1, 0.15) is 12.3 Å². The summed E-state index contributed by atoms with van der Waals surface area (Å²) in [5, 5.41) is 11.7. The number of tetrazole rings is 1. The maximum absolute atomic E-state index is 12.2. The van der Waals surface area contributed by atoms with Crippen molar-refractivity contribution in [2.45, 2.75) is 39.3 Å². The number of hydrogen-bond acceptors (Lipinski definition) is 6. The quantitative estimate of drug-likeness (QED) is 0.604. The maximum Gasteiger partial charge on any atom is 0.269 e. The number of rotatable bonds is 6. The summed E-state index contributed by atoms with van der Waals surface area (Å²) in [4.78, 5) is 25.4. The molecule has 0 unspecified atom stereocenters. The third-order valence-corrected chi connectivity index (χ3v) is 4.22. The number of hydrogen-bond donors (Lipinski definition) is 2. The molecule has 0 atom stereocenters. The molecule has 2 aromatic carbocycles. The first-order chi connectivity index (χ1) is 14.3. The lowest BCUT2D eigenvalue weighted by atomic mass is 9.87. The Balaban J connectivity index is 1.45. The molecular weight excluding hydrogens is 384 g/mol. The average molecular weight is 408 g/mol. The summed E-state index contributed by atoms with van der Waals surface area (Å²) in [6.07, 6.45) is 0. The van der Waals surface area contributed by atoms with E-state index in [9.17, 15) is 9.59 Å². The molecule has 2 amide bonds. The number of amides is 2. The second kappa shape index (κ2) is 9.17. The van der Waals surface area contributed by atoms with Gasteiger partial charge in [0.15, 0.2) is 6.61 Å². The van der Waals surface area contributed by atoms with Crippen molar-refractivity contribution in [3.8, 4) is 5.75 Å². The molecule has 0 fully saturated rings. The van der Waals surface area contributed by atoms with Crippen LogP contribution in [0.5, 0.6) is 5.75 Å². The fourth-order valence-electron chi connectivity index (χ4n) is 2.55. The molecule has 0 aliphatic heterocycles. The molecule has 156 valence electrons. The van der Waals surface area contributed by atoms with Gasteiger partial charge in [-0.25, -0.2) is 0 Å². The molecule has 1 heterocycles. The summed E-state index contributed by atoms with van der Waals surface area (Å²) in [7, 11) is 0. The van der Waals surface area contributed by atoms with Crippen LogP contribution in [0.2, 0.25) is 0 Å². The Kier molecular flexibility index (Phi) is 6.41. The highest BCUT2D eigenvalue weighted by Gasteiger charge is 2.15. The molecular formula is C21H24N6O3. The number of nitrogens with zero attached hydrogens (tertiary/aromatic N) is 4. The van der Waals surface area contributed by atoms with Crippen molar-refractivity contribution in [3.05, 3.63) is 71.5 Å². The third kappa shape index (κ3) is 5.87. The van der Waals surface area contributed by atoms with Gasteiger partial charge in [0.25, 0.3) is 11.8 Å². The fraction of sp³-hybridized carbons (Fsp3) is 0.286. The number of benzene rings is 2. The Morgan fingerprint density at radius 3 is 2.37 bits per heavy atom. The Hall–Kier alpha value is -3.75. The van der Waals surface area contributed by atoms with Gasteiger partial charge < -0.3 is 4.74 Å². The standard InChI is InChI=1S/C21H24N6O3/c1-21(2,3)16-11-9-15(10-12-16)20(29)24-23-19(28)13-27-25-18(22-26-27)14-30-17-7-5-4-6-8-17/h4-12H,13-14H2,1-3H3,(H,23,28)(H,24,29). The van der Waals surface area contributed by atoms with E-state index in [2.05, 4.69) is 47.0 Å². The summed E-state index contributed by atoms with van der Waals surface area (Å²) in [6, 6.07) is 16.5. The lowest BCUT2D eigenvalue weighted by molar-refractivity contribution is -0.122. The monoisotopic (exact) mass is 408 g/mol. The summed E-state index contributed by atoms with van der Waals surface area (Å²) in [5.74, 6) is 0.134. The Morgan fingerprint density at radius 1 is 1.00 bits per heavy atom. The highest BCUT2D eigenvalue weighted by atomic mass is 16.5. The van der Waals surface area contributed by atoms with Crippen molar-refractivity contribution in [2.24, 2.45) is 0 Å². The van der Waals surface area contributed by atoms with Crippen LogP contribution in [-0.4, -0.2) is 32.0 Å². The van der Waals surface area contributed by atoms with Gasteiger partial charge in [-0.1, -0.05) is 51.1 Å². The normalized spacial score (nSPS) is 11.0. The maximum atomic E-state index is 12.2. The third-order valence-electron chi connectivity index (χ3n) is 4.22. The Morgan fingerprint density at radius 2 is 1.70 bits per heavy atom. The molecule has 3 rings (SSSR count). The number of aromatic nitrogens is 4. The second-order valence-electron chi connectivity index (χ2n) is 7.67. The molecule has 9 nitrogen and oxygen atoms in total. The van der Waals surface area contributed by atoms with Crippen molar-refractivity contribution >= 4 is 11.8 Å². The number of hydrazine groups is 1. The molecule has 1 aromatic heterocycles. The van der Waals surface area contributed by atoms with Gasteiger partial charge in [0.2, 0.25) is 5.82 Å². The lowest BCUT2D eigenvalue weighted by Gasteiger charge is -2.19. The van der Waals surface area contributed by atoms with Crippen LogP contribution in [0.4, 0.5) is 0 Å². The van der Waals surface area contributed by atoms with E-state index in [-0.39, 0.29) is 18.6 Å². The molecule has 0 aliphatic rings. The van der Waals surface area contributed by atoms with E-state index in [1.165, 1.54) is 0 Å². The minimum Gasteiger partial charge on any atom is -0.485 e.